The lowest BCUT2D eigenvalue weighted by molar-refractivity contribution is -0.122. The van der Waals surface area contributed by atoms with Crippen molar-refractivity contribution in [2.75, 3.05) is 0 Å². The monoisotopic (exact) mass is 145 g/mol. The van der Waals surface area contributed by atoms with E-state index < -0.39 is 0 Å². The molecule has 1 unspecified atom stereocenters. The van der Waals surface area contributed by atoms with Gasteiger partial charge in [0, 0.05) is 5.92 Å². The van der Waals surface area contributed by atoms with E-state index in [1.165, 1.54) is 0 Å². The molecule has 0 aliphatic heterocycles. The number of hydrogen-bond donors (Lipinski definition) is 2. The molecule has 1 aliphatic rings. The molecule has 1 fully saturated rings. The van der Waals surface area contributed by atoms with Gasteiger partial charge in [-0.3, -0.25) is 4.79 Å². The summed E-state index contributed by atoms with van der Waals surface area (Å²) in [6.45, 7) is 1.85. The van der Waals surface area contributed by atoms with E-state index in [0.29, 0.717) is 5.92 Å². The molecule has 52 valence electrons. The van der Waals surface area contributed by atoms with Crippen LogP contribution in [0.15, 0.2) is 0 Å². The molecule has 0 heterocycles. The molecule has 1 saturated carbocycles. The maximum Gasteiger partial charge on any atom is 0.223 e. The van der Waals surface area contributed by atoms with Crippen LogP contribution in [0.25, 0.3) is 0 Å². The molecule has 0 bridgehead atoms. The summed E-state index contributed by atoms with van der Waals surface area (Å²) in [4.78, 5) is 10.9. The molecule has 0 aromatic carbocycles. The highest BCUT2D eigenvalue weighted by atomic mass is 32.1. The summed E-state index contributed by atoms with van der Waals surface area (Å²) in [5.41, 5.74) is 0. The zero-order valence-electron chi connectivity index (χ0n) is 5.42. The number of thiol groups is 1. The number of rotatable bonds is 2. The minimum Gasteiger partial charge on any atom is -0.345 e. The summed E-state index contributed by atoms with van der Waals surface area (Å²) in [7, 11) is 0. The first-order valence-electron chi connectivity index (χ1n) is 3.18. The van der Waals surface area contributed by atoms with Gasteiger partial charge in [0.15, 0.2) is 0 Å². The molecule has 0 aromatic heterocycles. The van der Waals surface area contributed by atoms with Crippen LogP contribution < -0.4 is 5.32 Å². The molecular weight excluding hydrogens is 134 g/mol. The zero-order valence-corrected chi connectivity index (χ0v) is 6.32. The van der Waals surface area contributed by atoms with Crippen molar-refractivity contribution in [3.8, 4) is 0 Å². The third-order valence-electron chi connectivity index (χ3n) is 1.30. The van der Waals surface area contributed by atoms with E-state index in [4.69, 9.17) is 0 Å². The number of hydrogen-bond acceptors (Lipinski definition) is 2. The van der Waals surface area contributed by atoms with Crippen LogP contribution in [-0.4, -0.2) is 11.3 Å². The molecule has 1 atom stereocenters. The fourth-order valence-corrected chi connectivity index (χ4v) is 0.796. The van der Waals surface area contributed by atoms with Crippen LogP contribution in [0.2, 0.25) is 0 Å². The third-order valence-corrected chi connectivity index (χ3v) is 1.43. The Hall–Kier alpha value is -0.180. The Kier molecular flexibility index (Phi) is 2.01. The standard InChI is InChI=1S/C6H11NOS/c1-4(9)7-6(8)5-2-3-5/h4-5,9H,2-3H2,1H3,(H,7,8). The largest absolute Gasteiger partial charge is 0.345 e. The van der Waals surface area contributed by atoms with Gasteiger partial charge in [-0.1, -0.05) is 0 Å². The van der Waals surface area contributed by atoms with Crippen molar-refractivity contribution in [2.45, 2.75) is 25.1 Å². The Morgan fingerprint density at radius 1 is 1.78 bits per heavy atom. The molecule has 0 spiro atoms. The fraction of sp³-hybridized carbons (Fsp3) is 0.833. The van der Waals surface area contributed by atoms with E-state index in [0.717, 1.165) is 12.8 Å². The zero-order chi connectivity index (χ0) is 6.85. The molecule has 9 heavy (non-hydrogen) atoms. The summed E-state index contributed by atoms with van der Waals surface area (Å²) in [6.07, 6.45) is 2.12. The Morgan fingerprint density at radius 2 is 2.33 bits per heavy atom. The van der Waals surface area contributed by atoms with Gasteiger partial charge in [-0.2, -0.15) is 12.6 Å². The highest BCUT2D eigenvalue weighted by Crippen LogP contribution is 2.28. The van der Waals surface area contributed by atoms with Gasteiger partial charge >= 0.3 is 0 Å². The summed E-state index contributed by atoms with van der Waals surface area (Å²) in [5, 5.41) is 2.73. The molecular formula is C6H11NOS. The van der Waals surface area contributed by atoms with Gasteiger partial charge in [-0.15, -0.1) is 0 Å². The first kappa shape index (κ1) is 6.93. The van der Waals surface area contributed by atoms with E-state index in [1.807, 2.05) is 6.92 Å². The lowest BCUT2D eigenvalue weighted by atomic mass is 10.4. The smallest absolute Gasteiger partial charge is 0.223 e. The SMILES string of the molecule is CC(S)NC(=O)C1CC1. The second-order valence-corrected chi connectivity index (χ2v) is 3.23. The first-order valence-corrected chi connectivity index (χ1v) is 3.70. The fourth-order valence-electron chi connectivity index (χ4n) is 0.669. The Morgan fingerprint density at radius 3 is 2.67 bits per heavy atom. The highest BCUT2D eigenvalue weighted by molar-refractivity contribution is 7.80. The van der Waals surface area contributed by atoms with Gasteiger partial charge in [0.05, 0.1) is 5.37 Å². The van der Waals surface area contributed by atoms with E-state index >= 15 is 0 Å². The number of nitrogens with one attached hydrogen (secondary N) is 1. The van der Waals surface area contributed by atoms with E-state index in [-0.39, 0.29) is 11.3 Å². The quantitative estimate of drug-likeness (QED) is 0.436. The molecule has 2 nitrogen and oxygen atoms in total. The predicted molar refractivity (Wildman–Crippen MR) is 39.3 cm³/mol. The number of carbonyl (C=O) groups excluding carboxylic acids is 1. The van der Waals surface area contributed by atoms with Gasteiger partial charge in [-0.05, 0) is 19.8 Å². The Labute approximate surface area is 60.4 Å². The molecule has 3 heteroatoms. The minimum atomic E-state index is -0.00176. The van der Waals surface area contributed by atoms with Gasteiger partial charge < -0.3 is 5.32 Å². The van der Waals surface area contributed by atoms with Crippen LogP contribution in [0.4, 0.5) is 0 Å². The molecule has 1 N–H and O–H groups in total. The molecule has 1 amide bonds. The van der Waals surface area contributed by atoms with Crippen LogP contribution in [0.3, 0.4) is 0 Å². The molecule has 1 rings (SSSR count). The molecule has 1 aliphatic carbocycles. The Balaban J connectivity index is 2.18. The summed E-state index contributed by atoms with van der Waals surface area (Å²) in [6, 6.07) is 0. The van der Waals surface area contributed by atoms with Crippen molar-refractivity contribution in [3.63, 3.8) is 0 Å². The summed E-state index contributed by atoms with van der Waals surface area (Å²) >= 11 is 4.03. The topological polar surface area (TPSA) is 29.1 Å². The van der Waals surface area contributed by atoms with Crippen LogP contribution in [-0.2, 0) is 4.79 Å². The van der Waals surface area contributed by atoms with Crippen molar-refractivity contribution < 1.29 is 4.79 Å². The maximum atomic E-state index is 10.9. The Bertz CT molecular complexity index is 120. The van der Waals surface area contributed by atoms with Crippen molar-refractivity contribution in [1.29, 1.82) is 0 Å². The van der Waals surface area contributed by atoms with Crippen molar-refractivity contribution >= 4 is 18.5 Å². The van der Waals surface area contributed by atoms with Crippen molar-refractivity contribution in [2.24, 2.45) is 5.92 Å². The lowest BCUT2D eigenvalue weighted by Crippen LogP contribution is -2.29. The van der Waals surface area contributed by atoms with E-state index in [9.17, 15) is 4.79 Å². The first-order chi connectivity index (χ1) is 4.20. The third kappa shape index (κ3) is 2.26. The van der Waals surface area contributed by atoms with Gasteiger partial charge in [0.25, 0.3) is 0 Å². The van der Waals surface area contributed by atoms with E-state index in [2.05, 4.69) is 17.9 Å². The maximum absolute atomic E-state index is 10.9. The van der Waals surface area contributed by atoms with Crippen molar-refractivity contribution in [3.05, 3.63) is 0 Å². The number of carbonyl (C=O) groups is 1. The second-order valence-electron chi connectivity index (χ2n) is 2.46. The normalized spacial score (nSPS) is 21.1. The summed E-state index contributed by atoms with van der Waals surface area (Å²) in [5.74, 6) is 0.470. The van der Waals surface area contributed by atoms with Crippen LogP contribution in [0, 0.1) is 5.92 Å². The van der Waals surface area contributed by atoms with Gasteiger partial charge in [-0.25, -0.2) is 0 Å². The van der Waals surface area contributed by atoms with Gasteiger partial charge in [0.1, 0.15) is 0 Å². The molecule has 0 saturated heterocycles. The highest BCUT2D eigenvalue weighted by Gasteiger charge is 2.29. The van der Waals surface area contributed by atoms with Crippen LogP contribution >= 0.6 is 12.6 Å². The lowest BCUT2D eigenvalue weighted by Gasteiger charge is -2.04. The molecule has 0 aromatic rings. The minimum absolute atomic E-state index is 0.00176. The van der Waals surface area contributed by atoms with Gasteiger partial charge in [0.2, 0.25) is 5.91 Å². The van der Waals surface area contributed by atoms with Crippen LogP contribution in [0.5, 0.6) is 0 Å². The second kappa shape index (κ2) is 2.60. The van der Waals surface area contributed by atoms with Crippen LogP contribution in [0.1, 0.15) is 19.8 Å². The average molecular weight is 145 g/mol. The molecule has 0 radical (unpaired) electrons. The summed E-state index contributed by atoms with van der Waals surface area (Å²) < 4.78 is 0. The van der Waals surface area contributed by atoms with Crippen molar-refractivity contribution in [1.82, 2.24) is 5.32 Å². The average Bonchev–Trinajstić information content (AvgIpc) is 2.40. The predicted octanol–water partition coefficient (Wildman–Crippen LogP) is 0.788. The number of amides is 1. The van der Waals surface area contributed by atoms with E-state index in [1.54, 1.807) is 0 Å².